The van der Waals surface area contributed by atoms with Crippen LogP contribution in [0.15, 0.2) is 4.99 Å². The molecule has 0 spiro atoms. The smallest absolute Gasteiger partial charge is 0.0912 e. The number of amidine groups is 1. The molecule has 0 aromatic heterocycles. The molecular formula is C10H22N2. The first kappa shape index (κ1) is 11.5. The third-order valence-electron chi connectivity index (χ3n) is 1.44. The summed E-state index contributed by atoms with van der Waals surface area (Å²) in [6.07, 6.45) is 1.05. The predicted octanol–water partition coefficient (Wildman–Crippen LogP) is 2.58. The van der Waals surface area contributed by atoms with Crippen LogP contribution in [0.2, 0.25) is 0 Å². The lowest BCUT2D eigenvalue weighted by Gasteiger charge is -2.29. The third-order valence-corrected chi connectivity index (χ3v) is 1.44. The van der Waals surface area contributed by atoms with Gasteiger partial charge in [0.15, 0.2) is 0 Å². The Bertz CT molecular complexity index is 169. The number of rotatable bonds is 2. The van der Waals surface area contributed by atoms with Crippen molar-refractivity contribution < 1.29 is 0 Å². The molecule has 0 atom stereocenters. The number of hydrogen-bond acceptors (Lipinski definition) is 1. The Morgan fingerprint density at radius 2 is 1.58 bits per heavy atom. The molecule has 0 aromatic carbocycles. The summed E-state index contributed by atoms with van der Waals surface area (Å²) in [6.45, 7) is 12.7. The first-order valence-electron chi connectivity index (χ1n) is 4.44. The monoisotopic (exact) mass is 170 g/mol. The average molecular weight is 170 g/mol. The summed E-state index contributed by atoms with van der Waals surface area (Å²) in [4.78, 5) is 4.39. The molecule has 0 fully saturated rings. The molecule has 0 aromatic rings. The van der Waals surface area contributed by atoms with Crippen molar-refractivity contribution >= 4 is 5.84 Å². The second-order valence-electron chi connectivity index (χ2n) is 5.30. The van der Waals surface area contributed by atoms with Gasteiger partial charge in [0.05, 0.1) is 11.4 Å². The highest BCUT2D eigenvalue weighted by Gasteiger charge is 2.24. The molecule has 2 nitrogen and oxygen atoms in total. The number of aliphatic imine (C=N–C) groups is 1. The Morgan fingerprint density at radius 1 is 1.17 bits per heavy atom. The molecule has 0 saturated heterocycles. The van der Waals surface area contributed by atoms with E-state index < -0.39 is 0 Å². The first-order chi connectivity index (χ1) is 5.12. The van der Waals surface area contributed by atoms with Crippen molar-refractivity contribution in [2.24, 2.45) is 16.1 Å². The van der Waals surface area contributed by atoms with Gasteiger partial charge in [-0.3, -0.25) is 4.99 Å². The van der Waals surface area contributed by atoms with E-state index in [9.17, 15) is 0 Å². The zero-order valence-electron chi connectivity index (χ0n) is 9.23. The third kappa shape index (κ3) is 6.20. The van der Waals surface area contributed by atoms with Gasteiger partial charge >= 0.3 is 0 Å². The quantitative estimate of drug-likeness (QED) is 0.502. The van der Waals surface area contributed by atoms with Crippen LogP contribution in [0.5, 0.6) is 0 Å². The highest BCUT2D eigenvalue weighted by Crippen LogP contribution is 2.29. The maximum Gasteiger partial charge on any atom is 0.0912 e. The lowest BCUT2D eigenvalue weighted by Crippen LogP contribution is -2.27. The Morgan fingerprint density at radius 3 is 1.83 bits per heavy atom. The molecule has 0 aliphatic rings. The standard InChI is InChI=1S/C10H22N2/c1-8(11)12-10(5,6)7-9(2,3)4/h7H2,1-6H3,(H2,11,12). The fourth-order valence-electron chi connectivity index (χ4n) is 1.81. The van der Waals surface area contributed by atoms with E-state index in [1.165, 1.54) is 0 Å². The molecule has 0 heterocycles. The van der Waals surface area contributed by atoms with Crippen LogP contribution in [-0.4, -0.2) is 11.4 Å². The maximum absolute atomic E-state index is 5.55. The minimum atomic E-state index is -0.0307. The molecule has 0 rings (SSSR count). The van der Waals surface area contributed by atoms with Crippen molar-refractivity contribution in [3.05, 3.63) is 0 Å². The molecular weight excluding hydrogens is 148 g/mol. The Hall–Kier alpha value is -0.530. The highest BCUT2D eigenvalue weighted by atomic mass is 14.9. The molecule has 0 bridgehead atoms. The second-order valence-corrected chi connectivity index (χ2v) is 5.30. The first-order valence-corrected chi connectivity index (χ1v) is 4.44. The van der Waals surface area contributed by atoms with Gasteiger partial charge in [-0.2, -0.15) is 0 Å². The van der Waals surface area contributed by atoms with E-state index in [0.29, 0.717) is 11.3 Å². The van der Waals surface area contributed by atoms with Gasteiger partial charge in [-0.1, -0.05) is 20.8 Å². The van der Waals surface area contributed by atoms with Crippen LogP contribution in [0.1, 0.15) is 48.0 Å². The van der Waals surface area contributed by atoms with E-state index in [1.807, 2.05) is 6.92 Å². The maximum atomic E-state index is 5.55. The van der Waals surface area contributed by atoms with Crippen LogP contribution in [0, 0.1) is 5.41 Å². The summed E-state index contributed by atoms with van der Waals surface area (Å²) in [5.74, 6) is 0.671. The van der Waals surface area contributed by atoms with Gasteiger partial charge in [-0.25, -0.2) is 0 Å². The van der Waals surface area contributed by atoms with Crippen molar-refractivity contribution in [2.45, 2.75) is 53.5 Å². The van der Waals surface area contributed by atoms with Crippen LogP contribution in [-0.2, 0) is 0 Å². The minimum Gasteiger partial charge on any atom is -0.388 e. The summed E-state index contributed by atoms with van der Waals surface area (Å²) in [5.41, 5.74) is 5.82. The molecule has 0 aliphatic carbocycles. The molecule has 2 heteroatoms. The van der Waals surface area contributed by atoms with Gasteiger partial charge in [0.2, 0.25) is 0 Å². The van der Waals surface area contributed by atoms with E-state index in [2.05, 4.69) is 39.6 Å². The van der Waals surface area contributed by atoms with Crippen LogP contribution in [0.3, 0.4) is 0 Å². The molecule has 0 radical (unpaired) electrons. The van der Waals surface area contributed by atoms with Crippen molar-refractivity contribution in [3.63, 3.8) is 0 Å². The summed E-state index contributed by atoms with van der Waals surface area (Å²) in [6, 6.07) is 0. The number of hydrogen-bond donors (Lipinski definition) is 1. The normalized spacial score (nSPS) is 15.0. The van der Waals surface area contributed by atoms with E-state index >= 15 is 0 Å². The number of nitrogens with zero attached hydrogens (tertiary/aromatic N) is 1. The molecule has 2 N–H and O–H groups in total. The van der Waals surface area contributed by atoms with Crippen LogP contribution < -0.4 is 5.73 Å². The predicted molar refractivity (Wildman–Crippen MR) is 55.4 cm³/mol. The lowest BCUT2D eigenvalue weighted by atomic mass is 9.82. The lowest BCUT2D eigenvalue weighted by molar-refractivity contribution is 0.288. The van der Waals surface area contributed by atoms with Gasteiger partial charge in [-0.15, -0.1) is 0 Å². The summed E-state index contributed by atoms with van der Waals surface area (Å²) >= 11 is 0. The fourth-order valence-corrected chi connectivity index (χ4v) is 1.81. The van der Waals surface area contributed by atoms with Gasteiger partial charge in [0.1, 0.15) is 0 Å². The fraction of sp³-hybridized carbons (Fsp3) is 0.900. The zero-order valence-corrected chi connectivity index (χ0v) is 9.23. The van der Waals surface area contributed by atoms with Crippen LogP contribution in [0.4, 0.5) is 0 Å². The largest absolute Gasteiger partial charge is 0.388 e. The molecule has 0 unspecified atom stereocenters. The van der Waals surface area contributed by atoms with Crippen molar-refractivity contribution in [3.8, 4) is 0 Å². The average Bonchev–Trinajstić information content (AvgIpc) is 1.48. The van der Waals surface area contributed by atoms with Gasteiger partial charge in [0.25, 0.3) is 0 Å². The van der Waals surface area contributed by atoms with Gasteiger partial charge in [-0.05, 0) is 32.6 Å². The number of nitrogens with two attached hydrogens (primary N) is 1. The molecule has 72 valence electrons. The summed E-state index contributed by atoms with van der Waals surface area (Å²) in [7, 11) is 0. The zero-order chi connectivity index (χ0) is 9.99. The van der Waals surface area contributed by atoms with Crippen LogP contribution >= 0.6 is 0 Å². The second kappa shape index (κ2) is 3.46. The Kier molecular flexibility index (Phi) is 3.31. The highest BCUT2D eigenvalue weighted by molar-refractivity contribution is 5.77. The van der Waals surface area contributed by atoms with Gasteiger partial charge in [0, 0.05) is 0 Å². The van der Waals surface area contributed by atoms with Crippen LogP contribution in [0.25, 0.3) is 0 Å². The van der Waals surface area contributed by atoms with E-state index in [4.69, 9.17) is 5.73 Å². The SMILES string of the molecule is CC(N)=NC(C)(C)CC(C)(C)C. The summed E-state index contributed by atoms with van der Waals surface area (Å²) in [5, 5.41) is 0. The van der Waals surface area contributed by atoms with E-state index in [0.717, 1.165) is 6.42 Å². The van der Waals surface area contributed by atoms with Gasteiger partial charge < -0.3 is 5.73 Å². The van der Waals surface area contributed by atoms with E-state index in [-0.39, 0.29) is 5.54 Å². The van der Waals surface area contributed by atoms with Crippen molar-refractivity contribution in [1.29, 1.82) is 0 Å². The molecule has 0 aliphatic heterocycles. The van der Waals surface area contributed by atoms with Crippen molar-refractivity contribution in [2.75, 3.05) is 0 Å². The Balaban J connectivity index is 4.34. The molecule has 12 heavy (non-hydrogen) atoms. The summed E-state index contributed by atoms with van der Waals surface area (Å²) < 4.78 is 0. The Labute approximate surface area is 76.3 Å². The molecule has 0 amide bonds. The molecule has 0 saturated carbocycles. The minimum absolute atomic E-state index is 0.0307. The van der Waals surface area contributed by atoms with Crippen molar-refractivity contribution in [1.82, 2.24) is 0 Å². The van der Waals surface area contributed by atoms with E-state index in [1.54, 1.807) is 0 Å². The topological polar surface area (TPSA) is 38.4 Å².